The molecule has 0 radical (unpaired) electrons. The Kier molecular flexibility index (Phi) is 5.39. The van der Waals surface area contributed by atoms with E-state index in [1.807, 2.05) is 47.1 Å². The van der Waals surface area contributed by atoms with Crippen LogP contribution in [0, 0.1) is 5.41 Å². The summed E-state index contributed by atoms with van der Waals surface area (Å²) in [5.41, 5.74) is 3.98. The maximum atomic E-state index is 13.0. The molecule has 1 aromatic rings. The van der Waals surface area contributed by atoms with Gasteiger partial charge < -0.3 is 9.80 Å². The Balaban J connectivity index is 1.47. The lowest BCUT2D eigenvalue weighted by Gasteiger charge is -2.49. The van der Waals surface area contributed by atoms with Crippen molar-refractivity contribution in [1.82, 2.24) is 15.2 Å². The van der Waals surface area contributed by atoms with Gasteiger partial charge in [-0.05, 0) is 37.2 Å². The Morgan fingerprint density at radius 2 is 1.90 bits per heavy atom. The molecule has 0 saturated carbocycles. The maximum Gasteiger partial charge on any atom is 0.270 e. The van der Waals surface area contributed by atoms with Gasteiger partial charge in [-0.1, -0.05) is 30.3 Å². The van der Waals surface area contributed by atoms with Crippen molar-refractivity contribution >= 4 is 23.4 Å². The fourth-order valence-electron chi connectivity index (χ4n) is 4.86. The number of carbonyl (C=O) groups is 3. The predicted molar refractivity (Wildman–Crippen MR) is 109 cm³/mol. The molecule has 2 saturated heterocycles. The summed E-state index contributed by atoms with van der Waals surface area (Å²) in [5.74, 6) is -0.100. The first kappa shape index (κ1) is 19.6. The molecule has 29 heavy (non-hydrogen) atoms. The summed E-state index contributed by atoms with van der Waals surface area (Å²) < 4.78 is 0. The summed E-state index contributed by atoms with van der Waals surface area (Å²) in [6, 6.07) is 10.0. The summed E-state index contributed by atoms with van der Waals surface area (Å²) in [6.45, 7) is 4.85. The average Bonchev–Trinajstić information content (AvgIpc) is 2.76. The molecule has 3 amide bonds. The first-order valence-electron chi connectivity index (χ1n) is 10.5. The predicted octanol–water partition coefficient (Wildman–Crippen LogP) is 1.90. The normalized spacial score (nSPS) is 24.3. The number of nitrogens with zero attached hydrogens (tertiary/aromatic N) is 3. The van der Waals surface area contributed by atoms with Crippen molar-refractivity contribution in [2.75, 3.05) is 26.2 Å². The molecule has 7 nitrogen and oxygen atoms in total. The molecule has 1 unspecified atom stereocenters. The number of likely N-dealkylation sites (N-methyl/N-ethyl adjacent to an activating group) is 1. The van der Waals surface area contributed by atoms with E-state index in [1.54, 1.807) is 0 Å². The molecular formula is C22H28N4O3. The number of carbonyl (C=O) groups excluding carboxylic acids is 3. The second-order valence-corrected chi connectivity index (χ2v) is 8.41. The van der Waals surface area contributed by atoms with Gasteiger partial charge in [0.05, 0.1) is 5.92 Å². The summed E-state index contributed by atoms with van der Waals surface area (Å²) in [4.78, 5) is 40.9. The maximum absolute atomic E-state index is 13.0. The third-order valence-electron chi connectivity index (χ3n) is 6.62. The lowest BCUT2D eigenvalue weighted by Crippen LogP contribution is -2.55. The van der Waals surface area contributed by atoms with Crippen LogP contribution in [0.5, 0.6) is 0 Å². The molecule has 3 heterocycles. The molecule has 4 rings (SSSR count). The molecule has 1 N–H and O–H groups in total. The van der Waals surface area contributed by atoms with Gasteiger partial charge in [0.15, 0.2) is 0 Å². The molecule has 3 aliphatic rings. The van der Waals surface area contributed by atoms with Crippen LogP contribution in [-0.2, 0) is 14.4 Å². The number of benzene rings is 1. The Hall–Kier alpha value is -2.70. The number of amides is 3. The van der Waals surface area contributed by atoms with Crippen molar-refractivity contribution < 1.29 is 14.4 Å². The Labute approximate surface area is 171 Å². The van der Waals surface area contributed by atoms with Gasteiger partial charge in [0.25, 0.3) is 5.91 Å². The lowest BCUT2D eigenvalue weighted by atomic mass is 9.67. The first-order valence-corrected chi connectivity index (χ1v) is 10.5. The number of hydrogen-bond donors (Lipinski definition) is 1. The van der Waals surface area contributed by atoms with Gasteiger partial charge in [-0.3, -0.25) is 14.4 Å². The summed E-state index contributed by atoms with van der Waals surface area (Å²) in [5, 5.41) is 3.95. The van der Waals surface area contributed by atoms with E-state index in [4.69, 9.17) is 0 Å². The van der Waals surface area contributed by atoms with Crippen molar-refractivity contribution in [3.05, 3.63) is 35.9 Å². The van der Waals surface area contributed by atoms with Gasteiger partial charge in [0, 0.05) is 39.0 Å². The SMILES string of the molecule is CCN1CC2(CCN(C(=O)C3=NNC(=O)CC3)CC2)CC(c2ccccc2)C1=O. The minimum Gasteiger partial charge on any atom is -0.342 e. The van der Waals surface area contributed by atoms with E-state index < -0.39 is 0 Å². The Morgan fingerprint density at radius 3 is 2.52 bits per heavy atom. The molecule has 3 aliphatic heterocycles. The van der Waals surface area contributed by atoms with Gasteiger partial charge in [0.2, 0.25) is 11.8 Å². The zero-order valence-electron chi connectivity index (χ0n) is 16.9. The molecule has 2 fully saturated rings. The summed E-state index contributed by atoms with van der Waals surface area (Å²) >= 11 is 0. The monoisotopic (exact) mass is 396 g/mol. The van der Waals surface area contributed by atoms with E-state index in [-0.39, 0.29) is 29.1 Å². The van der Waals surface area contributed by atoms with E-state index in [0.717, 1.165) is 31.4 Å². The number of hydrazone groups is 1. The number of nitrogens with one attached hydrogen (secondary N) is 1. The minimum absolute atomic E-state index is 0.0454. The van der Waals surface area contributed by atoms with Crippen LogP contribution in [0.25, 0.3) is 0 Å². The van der Waals surface area contributed by atoms with Gasteiger partial charge in [0.1, 0.15) is 5.71 Å². The van der Waals surface area contributed by atoms with Gasteiger partial charge >= 0.3 is 0 Å². The zero-order valence-corrected chi connectivity index (χ0v) is 16.9. The largest absolute Gasteiger partial charge is 0.342 e. The van der Waals surface area contributed by atoms with Crippen molar-refractivity contribution in [3.63, 3.8) is 0 Å². The molecule has 1 spiro atoms. The number of likely N-dealkylation sites (tertiary alicyclic amines) is 2. The van der Waals surface area contributed by atoms with Crippen LogP contribution in [0.4, 0.5) is 0 Å². The molecule has 0 aliphatic carbocycles. The average molecular weight is 396 g/mol. The molecule has 154 valence electrons. The number of piperidine rings is 2. The van der Waals surface area contributed by atoms with Gasteiger partial charge in [-0.2, -0.15) is 5.10 Å². The highest BCUT2D eigenvalue weighted by molar-refractivity contribution is 6.39. The third-order valence-corrected chi connectivity index (χ3v) is 6.62. The second kappa shape index (κ2) is 7.97. The van der Waals surface area contributed by atoms with Crippen LogP contribution < -0.4 is 5.43 Å². The number of hydrogen-bond acceptors (Lipinski definition) is 4. The van der Waals surface area contributed by atoms with Crippen LogP contribution >= 0.6 is 0 Å². The fourth-order valence-corrected chi connectivity index (χ4v) is 4.86. The van der Waals surface area contributed by atoms with Crippen molar-refractivity contribution in [2.24, 2.45) is 10.5 Å². The van der Waals surface area contributed by atoms with Gasteiger partial charge in [-0.15, -0.1) is 0 Å². The van der Waals surface area contributed by atoms with Crippen LogP contribution in [0.1, 0.15) is 50.5 Å². The van der Waals surface area contributed by atoms with Crippen LogP contribution in [-0.4, -0.2) is 59.4 Å². The zero-order chi connectivity index (χ0) is 20.4. The Bertz CT molecular complexity index is 828. The van der Waals surface area contributed by atoms with E-state index >= 15 is 0 Å². The fraction of sp³-hybridized carbons (Fsp3) is 0.545. The van der Waals surface area contributed by atoms with E-state index in [2.05, 4.69) is 10.5 Å². The summed E-state index contributed by atoms with van der Waals surface area (Å²) in [7, 11) is 0. The van der Waals surface area contributed by atoms with E-state index in [9.17, 15) is 14.4 Å². The van der Waals surface area contributed by atoms with E-state index in [0.29, 0.717) is 38.2 Å². The quantitative estimate of drug-likeness (QED) is 0.847. The first-order chi connectivity index (χ1) is 14.0. The van der Waals surface area contributed by atoms with E-state index in [1.165, 1.54) is 0 Å². The molecular weight excluding hydrogens is 368 g/mol. The van der Waals surface area contributed by atoms with Gasteiger partial charge in [-0.25, -0.2) is 5.43 Å². The summed E-state index contributed by atoms with van der Waals surface area (Å²) in [6.07, 6.45) is 3.32. The standard InChI is InChI=1S/C22H28N4O3/c1-2-25-15-22(14-17(20(25)28)16-6-4-3-5-7-16)10-12-26(13-11-22)21(29)18-8-9-19(27)24-23-18/h3-7,17H,2,8-15H2,1H3,(H,24,27). The minimum atomic E-state index is -0.141. The lowest BCUT2D eigenvalue weighted by molar-refractivity contribution is -0.143. The highest BCUT2D eigenvalue weighted by Gasteiger charge is 2.46. The molecule has 7 heteroatoms. The van der Waals surface area contributed by atoms with Crippen molar-refractivity contribution in [3.8, 4) is 0 Å². The van der Waals surface area contributed by atoms with Crippen molar-refractivity contribution in [1.29, 1.82) is 0 Å². The molecule has 0 aromatic heterocycles. The third kappa shape index (κ3) is 3.91. The topological polar surface area (TPSA) is 82.1 Å². The van der Waals surface area contributed by atoms with Crippen LogP contribution in [0.2, 0.25) is 0 Å². The van der Waals surface area contributed by atoms with Crippen LogP contribution in [0.3, 0.4) is 0 Å². The van der Waals surface area contributed by atoms with Crippen molar-refractivity contribution in [2.45, 2.75) is 44.9 Å². The highest BCUT2D eigenvalue weighted by atomic mass is 16.2. The highest BCUT2D eigenvalue weighted by Crippen LogP contribution is 2.45. The molecule has 1 atom stereocenters. The smallest absolute Gasteiger partial charge is 0.270 e. The Morgan fingerprint density at radius 1 is 1.17 bits per heavy atom. The van der Waals surface area contributed by atoms with Crippen LogP contribution in [0.15, 0.2) is 35.4 Å². The number of rotatable bonds is 3. The molecule has 0 bridgehead atoms. The second-order valence-electron chi connectivity index (χ2n) is 8.41. The molecule has 1 aromatic carbocycles.